The van der Waals surface area contributed by atoms with Crippen molar-refractivity contribution in [3.8, 4) is 11.5 Å². The van der Waals surface area contributed by atoms with Crippen molar-refractivity contribution in [1.29, 1.82) is 0 Å². The zero-order valence-electron chi connectivity index (χ0n) is 18.6. The highest BCUT2D eigenvalue weighted by molar-refractivity contribution is 5.96. The number of nitrogens with one attached hydrogen (secondary N) is 1. The Morgan fingerprint density at radius 1 is 1.00 bits per heavy atom. The van der Waals surface area contributed by atoms with E-state index in [-0.39, 0.29) is 12.0 Å². The number of benzene rings is 2. The molecule has 0 saturated carbocycles. The Morgan fingerprint density at radius 2 is 1.81 bits per heavy atom. The van der Waals surface area contributed by atoms with E-state index >= 15 is 0 Å². The van der Waals surface area contributed by atoms with Crippen molar-refractivity contribution >= 4 is 5.91 Å². The molecule has 6 heteroatoms. The quantitative estimate of drug-likeness (QED) is 0.804. The summed E-state index contributed by atoms with van der Waals surface area (Å²) in [6, 6.07) is 15.7. The van der Waals surface area contributed by atoms with Gasteiger partial charge in [-0.2, -0.15) is 0 Å². The molecule has 0 atom stereocenters. The van der Waals surface area contributed by atoms with E-state index in [0.29, 0.717) is 37.7 Å². The smallest absolute Gasteiger partial charge is 0.255 e. The van der Waals surface area contributed by atoms with Crippen LogP contribution in [0.4, 0.5) is 0 Å². The van der Waals surface area contributed by atoms with Crippen LogP contribution in [0, 0.1) is 0 Å². The number of amides is 1. The fourth-order valence-electron chi connectivity index (χ4n) is 3.51. The third-order valence-corrected chi connectivity index (χ3v) is 5.04. The first-order valence-electron chi connectivity index (χ1n) is 11.2. The Morgan fingerprint density at radius 3 is 2.61 bits per heavy atom. The molecule has 1 N–H and O–H groups in total. The molecule has 1 amide bonds. The Kier molecular flexibility index (Phi) is 9.18. The second-order valence-corrected chi connectivity index (χ2v) is 8.01. The highest BCUT2D eigenvalue weighted by Gasteiger charge is 2.13. The maximum absolute atomic E-state index is 12.5. The van der Waals surface area contributed by atoms with Gasteiger partial charge < -0.3 is 19.5 Å². The van der Waals surface area contributed by atoms with Crippen molar-refractivity contribution in [2.75, 3.05) is 39.5 Å². The van der Waals surface area contributed by atoms with E-state index in [2.05, 4.69) is 22.3 Å². The lowest BCUT2D eigenvalue weighted by molar-refractivity contribution is 0.0909. The summed E-state index contributed by atoms with van der Waals surface area (Å²) < 4.78 is 17.4. The average Bonchev–Trinajstić information content (AvgIpc) is 2.76. The molecule has 0 fully saturated rings. The highest BCUT2D eigenvalue weighted by atomic mass is 16.5. The van der Waals surface area contributed by atoms with Crippen molar-refractivity contribution in [2.24, 2.45) is 0 Å². The maximum Gasteiger partial charge on any atom is 0.255 e. The largest absolute Gasteiger partial charge is 0.491 e. The van der Waals surface area contributed by atoms with Gasteiger partial charge in [0.05, 0.1) is 18.3 Å². The third-order valence-electron chi connectivity index (χ3n) is 5.04. The molecule has 2 aromatic carbocycles. The molecule has 0 aromatic heterocycles. The molecule has 31 heavy (non-hydrogen) atoms. The molecule has 168 valence electrons. The van der Waals surface area contributed by atoms with Gasteiger partial charge in [0.25, 0.3) is 5.91 Å². The molecule has 2 aromatic rings. The predicted octanol–water partition coefficient (Wildman–Crippen LogP) is 3.90. The summed E-state index contributed by atoms with van der Waals surface area (Å²) in [6.07, 6.45) is 2.22. The second kappa shape index (κ2) is 12.3. The van der Waals surface area contributed by atoms with Crippen molar-refractivity contribution in [1.82, 2.24) is 10.2 Å². The normalized spacial score (nSPS) is 17.1. The summed E-state index contributed by atoms with van der Waals surface area (Å²) in [7, 11) is 0. The van der Waals surface area contributed by atoms with Crippen LogP contribution in [-0.2, 0) is 11.3 Å². The molecular weight excluding hydrogens is 392 g/mol. The molecule has 3 rings (SSSR count). The zero-order chi connectivity index (χ0) is 21.9. The summed E-state index contributed by atoms with van der Waals surface area (Å²) in [5.74, 6) is 1.38. The standard InChI is InChI=1S/C25H34N2O4/c1-20(2)31-22-11-9-21(10-12-22)19-27-14-5-6-16-29-17-13-26-25(28)23-7-3-4-8-24(23)30-18-15-27/h3-4,7-12,20H,5-6,13-19H2,1-2H3,(H,26,28). The van der Waals surface area contributed by atoms with E-state index in [4.69, 9.17) is 14.2 Å². The van der Waals surface area contributed by atoms with Gasteiger partial charge in [0.1, 0.15) is 18.1 Å². The van der Waals surface area contributed by atoms with Gasteiger partial charge in [-0.05, 0) is 63.1 Å². The summed E-state index contributed by atoms with van der Waals surface area (Å²) >= 11 is 0. The number of para-hydroxylation sites is 1. The molecule has 0 spiro atoms. The molecule has 0 unspecified atom stereocenters. The number of carbonyl (C=O) groups excluding carboxylic acids is 1. The van der Waals surface area contributed by atoms with Crippen LogP contribution in [0.15, 0.2) is 48.5 Å². The Labute approximate surface area is 185 Å². The van der Waals surface area contributed by atoms with Crippen LogP contribution in [0.5, 0.6) is 11.5 Å². The first-order valence-corrected chi connectivity index (χ1v) is 11.2. The Bertz CT molecular complexity index is 807. The number of rotatable bonds is 4. The molecule has 6 nitrogen and oxygen atoms in total. The fourth-order valence-corrected chi connectivity index (χ4v) is 3.51. The van der Waals surface area contributed by atoms with E-state index in [0.717, 1.165) is 38.2 Å². The van der Waals surface area contributed by atoms with Gasteiger partial charge in [-0.25, -0.2) is 0 Å². The molecule has 0 bridgehead atoms. The van der Waals surface area contributed by atoms with Crippen LogP contribution in [0.3, 0.4) is 0 Å². The van der Waals surface area contributed by atoms with E-state index in [9.17, 15) is 4.79 Å². The monoisotopic (exact) mass is 426 g/mol. The maximum atomic E-state index is 12.5. The summed E-state index contributed by atoms with van der Waals surface area (Å²) in [4.78, 5) is 14.9. The average molecular weight is 427 g/mol. The molecule has 1 aliphatic heterocycles. The van der Waals surface area contributed by atoms with Gasteiger partial charge in [-0.3, -0.25) is 9.69 Å². The lowest BCUT2D eigenvalue weighted by Crippen LogP contribution is -2.30. The van der Waals surface area contributed by atoms with Crippen LogP contribution in [0.25, 0.3) is 0 Å². The van der Waals surface area contributed by atoms with Crippen molar-refractivity contribution in [2.45, 2.75) is 39.3 Å². The lowest BCUT2D eigenvalue weighted by atomic mass is 10.2. The number of ether oxygens (including phenoxy) is 3. The second-order valence-electron chi connectivity index (χ2n) is 8.01. The fraction of sp³-hybridized carbons (Fsp3) is 0.480. The SMILES string of the molecule is CC(C)Oc1ccc(CN2CCCCOCCNC(=O)c3ccccc3OCC2)cc1. The minimum absolute atomic E-state index is 0.130. The Balaban J connectivity index is 1.64. The number of hydrogen-bond donors (Lipinski definition) is 1. The number of carbonyl (C=O) groups is 1. The van der Waals surface area contributed by atoms with Crippen molar-refractivity contribution in [3.63, 3.8) is 0 Å². The predicted molar refractivity (Wildman–Crippen MR) is 122 cm³/mol. The van der Waals surface area contributed by atoms with E-state index < -0.39 is 0 Å². The first kappa shape index (κ1) is 23.1. The van der Waals surface area contributed by atoms with Crippen molar-refractivity contribution < 1.29 is 19.0 Å². The molecule has 0 saturated heterocycles. The molecule has 1 aliphatic rings. The van der Waals surface area contributed by atoms with Gasteiger partial charge >= 0.3 is 0 Å². The first-order chi connectivity index (χ1) is 15.1. The zero-order valence-corrected chi connectivity index (χ0v) is 18.6. The summed E-state index contributed by atoms with van der Waals surface area (Å²) in [5.41, 5.74) is 1.80. The Hall–Kier alpha value is -2.57. The number of hydrogen-bond acceptors (Lipinski definition) is 5. The van der Waals surface area contributed by atoms with Crippen LogP contribution in [-0.4, -0.2) is 56.4 Å². The van der Waals surface area contributed by atoms with Gasteiger partial charge in [-0.1, -0.05) is 24.3 Å². The third kappa shape index (κ3) is 7.89. The number of fused-ring (bicyclic) bond motifs is 1. The minimum atomic E-state index is -0.130. The van der Waals surface area contributed by atoms with Gasteiger partial charge in [-0.15, -0.1) is 0 Å². The van der Waals surface area contributed by atoms with E-state index in [1.165, 1.54) is 5.56 Å². The summed E-state index contributed by atoms with van der Waals surface area (Å²) in [5, 5.41) is 2.90. The molecule has 1 heterocycles. The molecule has 0 radical (unpaired) electrons. The van der Waals surface area contributed by atoms with Crippen LogP contribution in [0.1, 0.15) is 42.6 Å². The van der Waals surface area contributed by atoms with Gasteiger partial charge in [0.15, 0.2) is 0 Å². The van der Waals surface area contributed by atoms with Crippen LogP contribution >= 0.6 is 0 Å². The van der Waals surface area contributed by atoms with Crippen molar-refractivity contribution in [3.05, 3.63) is 59.7 Å². The molecular formula is C25H34N2O4. The van der Waals surface area contributed by atoms with Crippen LogP contribution in [0.2, 0.25) is 0 Å². The van der Waals surface area contributed by atoms with Crippen LogP contribution < -0.4 is 14.8 Å². The van der Waals surface area contributed by atoms with Gasteiger partial charge in [0.2, 0.25) is 0 Å². The highest BCUT2D eigenvalue weighted by Crippen LogP contribution is 2.19. The molecule has 0 aliphatic carbocycles. The van der Waals surface area contributed by atoms with Gasteiger partial charge in [0, 0.05) is 26.2 Å². The topological polar surface area (TPSA) is 60.0 Å². The summed E-state index contributed by atoms with van der Waals surface area (Å²) in [6.45, 7) is 8.89. The van der Waals surface area contributed by atoms with E-state index in [1.807, 2.05) is 44.2 Å². The minimum Gasteiger partial charge on any atom is -0.491 e. The van der Waals surface area contributed by atoms with E-state index in [1.54, 1.807) is 6.07 Å². The lowest BCUT2D eigenvalue weighted by Gasteiger charge is -2.23. The number of nitrogens with zero attached hydrogens (tertiary/aromatic N) is 1.